The van der Waals surface area contributed by atoms with Gasteiger partial charge in [-0.3, -0.25) is 4.79 Å². The second kappa shape index (κ2) is 4.97. The number of nitrogens with zero attached hydrogens (tertiary/aromatic N) is 1. The van der Waals surface area contributed by atoms with E-state index < -0.39 is 0 Å². The van der Waals surface area contributed by atoms with E-state index in [9.17, 15) is 4.79 Å². The summed E-state index contributed by atoms with van der Waals surface area (Å²) in [5.41, 5.74) is 8.37. The van der Waals surface area contributed by atoms with Gasteiger partial charge in [0, 0.05) is 24.2 Å². The van der Waals surface area contributed by atoms with Crippen molar-refractivity contribution in [3.05, 3.63) is 29.8 Å². The molecule has 3 nitrogen and oxygen atoms in total. The van der Waals surface area contributed by atoms with Crippen molar-refractivity contribution >= 4 is 11.6 Å². The van der Waals surface area contributed by atoms with Crippen molar-refractivity contribution in [2.75, 3.05) is 11.4 Å². The summed E-state index contributed by atoms with van der Waals surface area (Å²) in [6, 6.07) is 8.54. The highest BCUT2D eigenvalue weighted by molar-refractivity contribution is 5.96. The number of fused-ring (bicyclic) bond motifs is 1. The number of amides is 1. The highest BCUT2D eigenvalue weighted by Crippen LogP contribution is 2.37. The fraction of sp³-hybridized carbons (Fsp3) is 0.562. The minimum absolute atomic E-state index is 0.136. The molecule has 2 aliphatic rings. The molecule has 1 heterocycles. The van der Waals surface area contributed by atoms with Gasteiger partial charge < -0.3 is 10.6 Å². The molecule has 3 rings (SSSR count). The average molecular weight is 258 g/mol. The molecule has 1 aliphatic heterocycles. The third-order valence-corrected chi connectivity index (χ3v) is 4.63. The zero-order valence-electron chi connectivity index (χ0n) is 11.5. The van der Waals surface area contributed by atoms with E-state index in [1.807, 2.05) is 11.0 Å². The summed E-state index contributed by atoms with van der Waals surface area (Å²) in [5.74, 6) is 0.967. The van der Waals surface area contributed by atoms with Crippen molar-refractivity contribution in [3.63, 3.8) is 0 Å². The highest BCUT2D eigenvalue weighted by atomic mass is 16.2. The Bertz CT molecular complexity index is 485. The second-order valence-corrected chi connectivity index (χ2v) is 6.01. The van der Waals surface area contributed by atoms with Gasteiger partial charge in [0.25, 0.3) is 0 Å². The summed E-state index contributed by atoms with van der Waals surface area (Å²) < 4.78 is 0. The zero-order valence-corrected chi connectivity index (χ0v) is 11.5. The molecule has 1 aromatic rings. The SMILES string of the molecule is C[C@@H]1CCN(C(=O)[C@H]2CC[C@@H](N)C2)c2ccccc21. The maximum absolute atomic E-state index is 12.7. The predicted octanol–water partition coefficient (Wildman–Crippen LogP) is 2.65. The van der Waals surface area contributed by atoms with Gasteiger partial charge in [0.15, 0.2) is 0 Å². The Morgan fingerprint density at radius 2 is 2.05 bits per heavy atom. The highest BCUT2D eigenvalue weighted by Gasteiger charge is 2.34. The van der Waals surface area contributed by atoms with Crippen LogP contribution in [-0.2, 0) is 4.79 Å². The van der Waals surface area contributed by atoms with Crippen LogP contribution < -0.4 is 10.6 Å². The summed E-state index contributed by atoms with van der Waals surface area (Å²) in [6.07, 6.45) is 3.85. The number of carbonyl (C=O) groups is 1. The van der Waals surface area contributed by atoms with Crippen molar-refractivity contribution in [2.45, 2.75) is 44.6 Å². The van der Waals surface area contributed by atoms with Gasteiger partial charge in [0.2, 0.25) is 5.91 Å². The van der Waals surface area contributed by atoms with Crippen LogP contribution in [-0.4, -0.2) is 18.5 Å². The van der Waals surface area contributed by atoms with Crippen LogP contribution >= 0.6 is 0 Å². The van der Waals surface area contributed by atoms with Gasteiger partial charge in [-0.25, -0.2) is 0 Å². The molecule has 3 atom stereocenters. The maximum atomic E-state index is 12.7. The third-order valence-electron chi connectivity index (χ3n) is 4.63. The quantitative estimate of drug-likeness (QED) is 0.841. The number of hydrogen-bond donors (Lipinski definition) is 1. The molecule has 1 aromatic carbocycles. The molecule has 0 bridgehead atoms. The second-order valence-electron chi connectivity index (χ2n) is 6.01. The van der Waals surface area contributed by atoms with Crippen molar-refractivity contribution in [1.82, 2.24) is 0 Å². The number of nitrogens with two attached hydrogens (primary N) is 1. The first kappa shape index (κ1) is 12.7. The number of rotatable bonds is 1. The molecule has 3 heteroatoms. The third kappa shape index (κ3) is 2.27. The molecule has 0 aromatic heterocycles. The Labute approximate surface area is 114 Å². The topological polar surface area (TPSA) is 46.3 Å². The normalized spacial score (nSPS) is 30.2. The summed E-state index contributed by atoms with van der Waals surface area (Å²) >= 11 is 0. The van der Waals surface area contributed by atoms with E-state index in [-0.39, 0.29) is 17.9 Å². The average Bonchev–Trinajstić information content (AvgIpc) is 2.86. The molecule has 0 saturated heterocycles. The molecule has 1 fully saturated rings. The lowest BCUT2D eigenvalue weighted by Crippen LogP contribution is -2.40. The van der Waals surface area contributed by atoms with Crippen LogP contribution in [0, 0.1) is 5.92 Å². The van der Waals surface area contributed by atoms with Crippen molar-refractivity contribution < 1.29 is 4.79 Å². The number of hydrogen-bond acceptors (Lipinski definition) is 2. The number of anilines is 1. The Kier molecular flexibility index (Phi) is 3.31. The van der Waals surface area contributed by atoms with Gasteiger partial charge in [0.1, 0.15) is 0 Å². The van der Waals surface area contributed by atoms with Crippen LogP contribution in [0.1, 0.15) is 44.1 Å². The van der Waals surface area contributed by atoms with Crippen LogP contribution in [0.2, 0.25) is 0 Å². The zero-order chi connectivity index (χ0) is 13.4. The van der Waals surface area contributed by atoms with Crippen molar-refractivity contribution in [3.8, 4) is 0 Å². The Morgan fingerprint density at radius 1 is 1.26 bits per heavy atom. The first-order valence-electron chi connectivity index (χ1n) is 7.32. The van der Waals surface area contributed by atoms with Gasteiger partial charge in [-0.1, -0.05) is 25.1 Å². The Morgan fingerprint density at radius 3 is 2.79 bits per heavy atom. The van der Waals surface area contributed by atoms with Crippen LogP contribution in [0.5, 0.6) is 0 Å². The summed E-state index contributed by atoms with van der Waals surface area (Å²) in [7, 11) is 0. The molecule has 1 aliphatic carbocycles. The van der Waals surface area contributed by atoms with E-state index in [0.717, 1.165) is 37.9 Å². The molecule has 102 valence electrons. The monoisotopic (exact) mass is 258 g/mol. The van der Waals surface area contributed by atoms with E-state index >= 15 is 0 Å². The van der Waals surface area contributed by atoms with Gasteiger partial charge in [-0.15, -0.1) is 0 Å². The minimum atomic E-state index is 0.136. The van der Waals surface area contributed by atoms with Crippen LogP contribution in [0.25, 0.3) is 0 Å². The first-order valence-corrected chi connectivity index (χ1v) is 7.32. The van der Waals surface area contributed by atoms with Gasteiger partial charge in [-0.2, -0.15) is 0 Å². The van der Waals surface area contributed by atoms with Crippen LogP contribution in [0.3, 0.4) is 0 Å². The molecule has 1 saturated carbocycles. The molecule has 0 spiro atoms. The first-order chi connectivity index (χ1) is 9.16. The molecule has 0 radical (unpaired) electrons. The van der Waals surface area contributed by atoms with E-state index in [2.05, 4.69) is 25.1 Å². The Balaban J connectivity index is 1.86. The van der Waals surface area contributed by atoms with Crippen LogP contribution in [0.4, 0.5) is 5.69 Å². The van der Waals surface area contributed by atoms with Gasteiger partial charge in [0.05, 0.1) is 0 Å². The Hall–Kier alpha value is -1.35. The summed E-state index contributed by atoms with van der Waals surface area (Å²) in [6.45, 7) is 3.09. The van der Waals surface area contributed by atoms with E-state index in [0.29, 0.717) is 5.92 Å². The lowest BCUT2D eigenvalue weighted by atomic mass is 9.90. The van der Waals surface area contributed by atoms with E-state index in [1.54, 1.807) is 0 Å². The van der Waals surface area contributed by atoms with Crippen molar-refractivity contribution in [1.29, 1.82) is 0 Å². The van der Waals surface area contributed by atoms with E-state index in [1.165, 1.54) is 5.56 Å². The summed E-state index contributed by atoms with van der Waals surface area (Å²) in [5, 5.41) is 0. The van der Waals surface area contributed by atoms with E-state index in [4.69, 9.17) is 5.73 Å². The summed E-state index contributed by atoms with van der Waals surface area (Å²) in [4.78, 5) is 14.7. The molecule has 19 heavy (non-hydrogen) atoms. The predicted molar refractivity (Wildman–Crippen MR) is 77.1 cm³/mol. The molecule has 0 unspecified atom stereocenters. The van der Waals surface area contributed by atoms with Crippen LogP contribution in [0.15, 0.2) is 24.3 Å². The van der Waals surface area contributed by atoms with Gasteiger partial charge in [-0.05, 0) is 43.2 Å². The fourth-order valence-electron chi connectivity index (χ4n) is 3.44. The maximum Gasteiger partial charge on any atom is 0.230 e. The minimum Gasteiger partial charge on any atom is -0.328 e. The molecule has 2 N–H and O–H groups in total. The molecular formula is C16H22N2O. The largest absolute Gasteiger partial charge is 0.328 e. The fourth-order valence-corrected chi connectivity index (χ4v) is 3.44. The number of para-hydroxylation sites is 1. The standard InChI is InChI=1S/C16H22N2O/c1-11-8-9-18(15-5-3-2-4-14(11)15)16(19)12-6-7-13(17)10-12/h2-5,11-13H,6-10,17H2,1H3/t11-,12+,13-/m1/s1. The number of benzene rings is 1. The lowest BCUT2D eigenvalue weighted by Gasteiger charge is -2.34. The molecular weight excluding hydrogens is 236 g/mol. The van der Waals surface area contributed by atoms with Gasteiger partial charge >= 0.3 is 0 Å². The lowest BCUT2D eigenvalue weighted by molar-refractivity contribution is -0.122. The number of carbonyl (C=O) groups excluding carboxylic acids is 1. The molecule has 1 amide bonds. The smallest absolute Gasteiger partial charge is 0.230 e. The van der Waals surface area contributed by atoms with Crippen molar-refractivity contribution in [2.24, 2.45) is 11.7 Å².